The number of nitrogens with zero attached hydrogens (tertiary/aromatic N) is 2. The average molecular weight is 353 g/mol. The molecule has 1 aromatic heterocycles. The molecule has 0 atom stereocenters. The molecule has 21 heavy (non-hydrogen) atoms. The molecule has 0 amide bonds. The average Bonchev–Trinajstić information content (AvgIpc) is 2.42. The third-order valence-corrected chi connectivity index (χ3v) is 3.19. The lowest BCUT2D eigenvalue weighted by molar-refractivity contribution is -0.386. The van der Waals surface area contributed by atoms with E-state index in [1.807, 2.05) is 0 Å². The minimum atomic E-state index is -1.08. The fourth-order valence-corrected chi connectivity index (χ4v) is 2.30. The van der Waals surface area contributed by atoms with Gasteiger partial charge < -0.3 is 9.67 Å². The molecule has 0 bridgehead atoms. The molecule has 0 radical (unpaired) electrons. The molecular weight excluding hydrogens is 344 g/mol. The zero-order valence-corrected chi connectivity index (χ0v) is 12.1. The van der Waals surface area contributed by atoms with Gasteiger partial charge in [0.1, 0.15) is 0 Å². The zero-order chi connectivity index (χ0) is 15.6. The Labute approximate surface area is 126 Å². The van der Waals surface area contributed by atoms with Crippen LogP contribution in [0.4, 0.5) is 5.69 Å². The maximum atomic E-state index is 12.0. The van der Waals surface area contributed by atoms with Crippen molar-refractivity contribution in [3.05, 3.63) is 72.6 Å². The van der Waals surface area contributed by atoms with Gasteiger partial charge in [-0.2, -0.15) is 0 Å². The summed E-state index contributed by atoms with van der Waals surface area (Å²) in [6.07, 6.45) is 1.42. The monoisotopic (exact) mass is 352 g/mol. The standard InChI is InChI=1S/C13H9BrN2O5/c14-10-5-11(16(20)21)12(17)15(7-10)6-8-2-1-3-9(4-8)13(18)19/h1-5,7H,6H2,(H,18,19). The molecule has 1 heterocycles. The molecule has 0 spiro atoms. The normalized spacial score (nSPS) is 10.3. The second kappa shape index (κ2) is 5.88. The van der Waals surface area contributed by atoms with Gasteiger partial charge in [0.25, 0.3) is 0 Å². The van der Waals surface area contributed by atoms with Crippen molar-refractivity contribution in [2.75, 3.05) is 0 Å². The van der Waals surface area contributed by atoms with E-state index in [1.54, 1.807) is 12.1 Å². The quantitative estimate of drug-likeness (QED) is 0.671. The van der Waals surface area contributed by atoms with Crippen LogP contribution in [-0.2, 0) is 6.54 Å². The number of rotatable bonds is 4. The maximum Gasteiger partial charge on any atom is 0.335 e. The molecule has 0 unspecified atom stereocenters. The van der Waals surface area contributed by atoms with Crippen LogP contribution in [0.5, 0.6) is 0 Å². The second-order valence-electron chi connectivity index (χ2n) is 4.24. The van der Waals surface area contributed by atoms with E-state index in [1.165, 1.54) is 18.3 Å². The highest BCUT2D eigenvalue weighted by molar-refractivity contribution is 9.10. The third-order valence-electron chi connectivity index (χ3n) is 2.76. The first-order chi connectivity index (χ1) is 9.88. The molecule has 8 heteroatoms. The van der Waals surface area contributed by atoms with E-state index >= 15 is 0 Å². The van der Waals surface area contributed by atoms with E-state index in [0.717, 1.165) is 10.6 Å². The van der Waals surface area contributed by atoms with Gasteiger partial charge in [0.2, 0.25) is 0 Å². The van der Waals surface area contributed by atoms with Gasteiger partial charge in [0.15, 0.2) is 0 Å². The number of carboxylic acid groups (broad SMARTS) is 1. The first kappa shape index (κ1) is 14.9. The largest absolute Gasteiger partial charge is 0.478 e. The highest BCUT2D eigenvalue weighted by atomic mass is 79.9. The van der Waals surface area contributed by atoms with E-state index in [2.05, 4.69) is 15.9 Å². The Hall–Kier alpha value is -2.48. The molecule has 2 rings (SSSR count). The molecule has 1 N–H and O–H groups in total. The lowest BCUT2D eigenvalue weighted by Crippen LogP contribution is -2.22. The van der Waals surface area contributed by atoms with E-state index in [4.69, 9.17) is 5.11 Å². The number of hydrogen-bond donors (Lipinski definition) is 1. The highest BCUT2D eigenvalue weighted by Gasteiger charge is 2.16. The van der Waals surface area contributed by atoms with Gasteiger partial charge in [0, 0.05) is 16.7 Å². The van der Waals surface area contributed by atoms with Crippen molar-refractivity contribution in [3.8, 4) is 0 Å². The summed E-state index contributed by atoms with van der Waals surface area (Å²) >= 11 is 3.11. The lowest BCUT2D eigenvalue weighted by Gasteiger charge is -2.07. The molecule has 0 aliphatic rings. The summed E-state index contributed by atoms with van der Waals surface area (Å²) in [7, 11) is 0. The SMILES string of the molecule is O=C(O)c1cccc(Cn2cc(Br)cc([N+](=O)[O-])c2=O)c1. The number of aromatic nitrogens is 1. The molecule has 108 valence electrons. The van der Waals surface area contributed by atoms with Crippen molar-refractivity contribution < 1.29 is 14.8 Å². The van der Waals surface area contributed by atoms with Crippen molar-refractivity contribution in [1.29, 1.82) is 0 Å². The topological polar surface area (TPSA) is 102 Å². The first-order valence-electron chi connectivity index (χ1n) is 5.75. The Bertz CT molecular complexity index is 784. The van der Waals surface area contributed by atoms with Crippen molar-refractivity contribution in [2.45, 2.75) is 6.54 Å². The van der Waals surface area contributed by atoms with E-state index in [9.17, 15) is 19.7 Å². The molecule has 0 saturated heterocycles. The lowest BCUT2D eigenvalue weighted by atomic mass is 10.1. The predicted molar refractivity (Wildman–Crippen MR) is 77.6 cm³/mol. The van der Waals surface area contributed by atoms with Gasteiger partial charge in [-0.05, 0) is 33.6 Å². The summed E-state index contributed by atoms with van der Waals surface area (Å²) in [5.74, 6) is -1.08. The third kappa shape index (κ3) is 3.34. The van der Waals surface area contributed by atoms with Crippen LogP contribution in [0.15, 0.2) is 45.8 Å². The number of carboxylic acids is 1. The highest BCUT2D eigenvalue weighted by Crippen LogP contribution is 2.15. The Balaban J connectivity index is 2.45. The van der Waals surface area contributed by atoms with Gasteiger partial charge in [-0.15, -0.1) is 0 Å². The van der Waals surface area contributed by atoms with Crippen LogP contribution in [-0.4, -0.2) is 20.6 Å². The molecule has 1 aromatic carbocycles. The Morgan fingerprint density at radius 2 is 2.10 bits per heavy atom. The number of hydrogen-bond acceptors (Lipinski definition) is 4. The number of halogens is 1. The summed E-state index contributed by atoms with van der Waals surface area (Å²) in [5.41, 5.74) is -0.642. The molecule has 0 saturated carbocycles. The molecule has 2 aromatic rings. The minimum absolute atomic E-state index is 0.0419. The summed E-state index contributed by atoms with van der Waals surface area (Å²) in [4.78, 5) is 32.9. The Kier molecular flexibility index (Phi) is 4.18. The van der Waals surface area contributed by atoms with E-state index in [-0.39, 0.29) is 12.1 Å². The van der Waals surface area contributed by atoms with Gasteiger partial charge >= 0.3 is 17.2 Å². The Morgan fingerprint density at radius 1 is 1.38 bits per heavy atom. The van der Waals surface area contributed by atoms with Crippen LogP contribution < -0.4 is 5.56 Å². The summed E-state index contributed by atoms with van der Waals surface area (Å²) in [5, 5.41) is 19.7. The molecule has 0 fully saturated rings. The summed E-state index contributed by atoms with van der Waals surface area (Å²) < 4.78 is 1.55. The fourth-order valence-electron chi connectivity index (χ4n) is 1.83. The molecule has 0 aliphatic carbocycles. The smallest absolute Gasteiger partial charge is 0.335 e. The van der Waals surface area contributed by atoms with Crippen molar-refractivity contribution in [3.63, 3.8) is 0 Å². The first-order valence-corrected chi connectivity index (χ1v) is 6.54. The minimum Gasteiger partial charge on any atom is -0.478 e. The maximum absolute atomic E-state index is 12.0. The Morgan fingerprint density at radius 3 is 2.71 bits per heavy atom. The number of benzene rings is 1. The summed E-state index contributed by atoms with van der Waals surface area (Å²) in [6.45, 7) is 0.0419. The van der Waals surface area contributed by atoms with Crippen LogP contribution in [0.2, 0.25) is 0 Å². The van der Waals surface area contributed by atoms with Gasteiger partial charge in [-0.25, -0.2) is 4.79 Å². The van der Waals surface area contributed by atoms with Crippen LogP contribution in [0.25, 0.3) is 0 Å². The van der Waals surface area contributed by atoms with Crippen LogP contribution in [0.1, 0.15) is 15.9 Å². The second-order valence-corrected chi connectivity index (χ2v) is 5.15. The van der Waals surface area contributed by atoms with Gasteiger partial charge in [-0.3, -0.25) is 14.9 Å². The van der Waals surface area contributed by atoms with Crippen molar-refractivity contribution in [2.24, 2.45) is 0 Å². The van der Waals surface area contributed by atoms with Gasteiger partial charge in [-0.1, -0.05) is 12.1 Å². The summed E-state index contributed by atoms with van der Waals surface area (Å²) in [6, 6.07) is 7.17. The van der Waals surface area contributed by atoms with E-state index < -0.39 is 22.1 Å². The molecular formula is C13H9BrN2O5. The van der Waals surface area contributed by atoms with Crippen LogP contribution >= 0.6 is 15.9 Å². The fraction of sp³-hybridized carbons (Fsp3) is 0.0769. The predicted octanol–water partition coefficient (Wildman–Crippen LogP) is 2.27. The molecule has 7 nitrogen and oxygen atoms in total. The number of carbonyl (C=O) groups is 1. The van der Waals surface area contributed by atoms with Crippen molar-refractivity contribution >= 4 is 27.6 Å². The zero-order valence-electron chi connectivity index (χ0n) is 10.5. The van der Waals surface area contributed by atoms with E-state index in [0.29, 0.717) is 10.0 Å². The number of aromatic carboxylic acids is 1. The van der Waals surface area contributed by atoms with Crippen LogP contribution in [0.3, 0.4) is 0 Å². The van der Waals surface area contributed by atoms with Crippen LogP contribution in [0, 0.1) is 10.1 Å². The van der Waals surface area contributed by atoms with Crippen molar-refractivity contribution in [1.82, 2.24) is 4.57 Å². The van der Waals surface area contributed by atoms with Gasteiger partial charge in [0.05, 0.1) is 17.0 Å². The molecule has 0 aliphatic heterocycles. The number of pyridine rings is 1. The number of nitro groups is 1.